The Hall–Kier alpha value is -1.35. The molecule has 1 aliphatic rings. The molecule has 0 aromatic heterocycles. The molecule has 1 heterocycles. The lowest BCUT2D eigenvalue weighted by atomic mass is 10.1. The molecule has 0 bridgehead atoms. The van der Waals surface area contributed by atoms with Gasteiger partial charge in [0.1, 0.15) is 0 Å². The number of carbonyl (C=O) groups excluding carboxylic acids is 1. The van der Waals surface area contributed by atoms with Crippen LogP contribution in [0, 0.1) is 0 Å². The summed E-state index contributed by atoms with van der Waals surface area (Å²) in [6, 6.07) is 8.50. The maximum atomic E-state index is 12.3. The Morgan fingerprint density at radius 3 is 2.95 bits per heavy atom. The van der Waals surface area contributed by atoms with Crippen molar-refractivity contribution in [3.8, 4) is 0 Å². The zero-order valence-electron chi connectivity index (χ0n) is 12.0. The van der Waals surface area contributed by atoms with Gasteiger partial charge in [0.25, 0.3) is 0 Å². The number of rotatable bonds is 6. The predicted molar refractivity (Wildman–Crippen MR) is 79.5 cm³/mol. The van der Waals surface area contributed by atoms with Crippen molar-refractivity contribution in [3.63, 3.8) is 0 Å². The minimum Gasteiger partial charge on any atom is -0.308 e. The number of hydrogen-bond acceptors (Lipinski definition) is 2. The van der Waals surface area contributed by atoms with Crippen LogP contribution >= 0.6 is 0 Å². The van der Waals surface area contributed by atoms with Gasteiger partial charge in [0, 0.05) is 11.7 Å². The number of hydrogen-bond donors (Lipinski definition) is 1. The third-order valence-corrected chi connectivity index (χ3v) is 3.71. The molecule has 0 saturated carbocycles. The van der Waals surface area contributed by atoms with Crippen LogP contribution in [0.3, 0.4) is 0 Å². The van der Waals surface area contributed by atoms with Gasteiger partial charge in [0.15, 0.2) is 0 Å². The van der Waals surface area contributed by atoms with Crippen LogP contribution in [0.1, 0.15) is 38.7 Å². The molecule has 1 aliphatic heterocycles. The van der Waals surface area contributed by atoms with Gasteiger partial charge in [-0.15, -0.1) is 0 Å². The molecular weight excluding hydrogens is 236 g/mol. The summed E-state index contributed by atoms with van der Waals surface area (Å²) in [7, 11) is 0. The molecule has 1 aromatic rings. The van der Waals surface area contributed by atoms with Crippen molar-refractivity contribution in [1.82, 2.24) is 5.32 Å². The average molecular weight is 260 g/mol. The quantitative estimate of drug-likeness (QED) is 0.798. The molecule has 1 aromatic carbocycles. The van der Waals surface area contributed by atoms with Gasteiger partial charge in [0.05, 0.1) is 6.54 Å². The van der Waals surface area contributed by atoms with Crippen LogP contribution in [-0.2, 0) is 11.2 Å². The number of carbonyl (C=O) groups is 1. The number of fused-ring (bicyclic) bond motifs is 1. The largest absolute Gasteiger partial charge is 0.308 e. The SMILES string of the molecule is CCCCCNCC(=O)N1c2ccccc2CC1C. The molecule has 1 amide bonds. The predicted octanol–water partition coefficient (Wildman–Crippen LogP) is 2.74. The monoisotopic (exact) mass is 260 g/mol. The Bertz CT molecular complexity index is 431. The molecule has 0 saturated heterocycles. The van der Waals surface area contributed by atoms with Crippen molar-refractivity contribution >= 4 is 11.6 Å². The first-order valence-electron chi connectivity index (χ1n) is 7.34. The zero-order chi connectivity index (χ0) is 13.7. The maximum Gasteiger partial charge on any atom is 0.241 e. The van der Waals surface area contributed by atoms with Gasteiger partial charge < -0.3 is 10.2 Å². The fourth-order valence-corrected chi connectivity index (χ4v) is 2.73. The van der Waals surface area contributed by atoms with E-state index in [4.69, 9.17) is 0 Å². The van der Waals surface area contributed by atoms with Crippen LogP contribution in [0.5, 0.6) is 0 Å². The van der Waals surface area contributed by atoms with Crippen molar-refractivity contribution in [2.75, 3.05) is 18.0 Å². The first-order valence-corrected chi connectivity index (χ1v) is 7.34. The van der Waals surface area contributed by atoms with E-state index >= 15 is 0 Å². The Labute approximate surface area is 116 Å². The maximum absolute atomic E-state index is 12.3. The fourth-order valence-electron chi connectivity index (χ4n) is 2.73. The summed E-state index contributed by atoms with van der Waals surface area (Å²) < 4.78 is 0. The van der Waals surface area contributed by atoms with Crippen LogP contribution in [-0.4, -0.2) is 25.0 Å². The van der Waals surface area contributed by atoms with Gasteiger partial charge in [-0.25, -0.2) is 0 Å². The third-order valence-electron chi connectivity index (χ3n) is 3.71. The lowest BCUT2D eigenvalue weighted by molar-refractivity contribution is -0.118. The molecule has 3 heteroatoms. The number of unbranched alkanes of at least 4 members (excludes halogenated alkanes) is 2. The highest BCUT2D eigenvalue weighted by Gasteiger charge is 2.29. The lowest BCUT2D eigenvalue weighted by Gasteiger charge is -2.23. The van der Waals surface area contributed by atoms with Crippen molar-refractivity contribution in [1.29, 1.82) is 0 Å². The van der Waals surface area contributed by atoms with E-state index in [2.05, 4.69) is 25.2 Å². The van der Waals surface area contributed by atoms with Crippen molar-refractivity contribution in [2.24, 2.45) is 0 Å². The van der Waals surface area contributed by atoms with E-state index in [0.717, 1.165) is 25.1 Å². The van der Waals surface area contributed by atoms with Gasteiger partial charge in [-0.05, 0) is 37.9 Å². The van der Waals surface area contributed by atoms with Crippen molar-refractivity contribution in [3.05, 3.63) is 29.8 Å². The molecule has 0 radical (unpaired) electrons. The number of para-hydroxylation sites is 1. The van der Waals surface area contributed by atoms with Crippen LogP contribution in [0.25, 0.3) is 0 Å². The van der Waals surface area contributed by atoms with Crippen LogP contribution in [0.2, 0.25) is 0 Å². The van der Waals surface area contributed by atoms with Gasteiger partial charge in [-0.3, -0.25) is 4.79 Å². The second-order valence-electron chi connectivity index (χ2n) is 5.33. The summed E-state index contributed by atoms with van der Waals surface area (Å²) in [4.78, 5) is 14.3. The Morgan fingerprint density at radius 2 is 2.16 bits per heavy atom. The minimum absolute atomic E-state index is 0.189. The molecule has 0 aliphatic carbocycles. The highest BCUT2D eigenvalue weighted by atomic mass is 16.2. The Morgan fingerprint density at radius 1 is 1.37 bits per heavy atom. The van der Waals surface area contributed by atoms with Crippen LogP contribution in [0.4, 0.5) is 5.69 Å². The Kier molecular flexibility index (Phi) is 4.97. The zero-order valence-corrected chi connectivity index (χ0v) is 12.0. The molecular formula is C16H24N2O. The van der Waals surface area contributed by atoms with E-state index in [1.807, 2.05) is 23.1 Å². The number of anilines is 1. The molecule has 3 nitrogen and oxygen atoms in total. The molecule has 2 rings (SSSR count). The molecule has 1 N–H and O–H groups in total. The number of nitrogens with zero attached hydrogens (tertiary/aromatic N) is 1. The van der Waals surface area contributed by atoms with E-state index < -0.39 is 0 Å². The number of nitrogens with one attached hydrogen (secondary N) is 1. The van der Waals surface area contributed by atoms with Crippen LogP contribution < -0.4 is 10.2 Å². The van der Waals surface area contributed by atoms with Crippen molar-refractivity contribution in [2.45, 2.75) is 45.6 Å². The lowest BCUT2D eigenvalue weighted by Crippen LogP contribution is -2.41. The smallest absolute Gasteiger partial charge is 0.241 e. The topological polar surface area (TPSA) is 32.3 Å². The summed E-state index contributed by atoms with van der Waals surface area (Å²) in [6.07, 6.45) is 4.56. The fraction of sp³-hybridized carbons (Fsp3) is 0.562. The number of benzene rings is 1. The number of amides is 1. The first kappa shape index (κ1) is 14.1. The van der Waals surface area contributed by atoms with Crippen molar-refractivity contribution < 1.29 is 4.79 Å². The standard InChI is InChI=1S/C16H24N2O/c1-3-4-7-10-17-12-16(19)18-13(2)11-14-8-5-6-9-15(14)18/h5-6,8-9,13,17H,3-4,7,10-12H2,1-2H3. The van der Waals surface area contributed by atoms with Crippen LogP contribution in [0.15, 0.2) is 24.3 Å². The molecule has 1 unspecified atom stereocenters. The summed E-state index contributed by atoms with van der Waals surface area (Å²) in [5, 5.41) is 3.26. The summed E-state index contributed by atoms with van der Waals surface area (Å²) >= 11 is 0. The Balaban J connectivity index is 1.89. The summed E-state index contributed by atoms with van der Waals surface area (Å²) in [5.41, 5.74) is 2.38. The first-order chi connectivity index (χ1) is 9.24. The third kappa shape index (κ3) is 3.35. The minimum atomic E-state index is 0.189. The highest BCUT2D eigenvalue weighted by Crippen LogP contribution is 2.31. The van der Waals surface area contributed by atoms with E-state index in [1.165, 1.54) is 18.4 Å². The highest BCUT2D eigenvalue weighted by molar-refractivity contribution is 5.97. The summed E-state index contributed by atoms with van der Waals surface area (Å²) in [6.45, 7) is 5.69. The van der Waals surface area contributed by atoms with E-state index in [9.17, 15) is 4.79 Å². The molecule has 1 atom stereocenters. The normalized spacial score (nSPS) is 17.6. The molecule has 19 heavy (non-hydrogen) atoms. The van der Waals surface area contributed by atoms with Gasteiger partial charge in [-0.2, -0.15) is 0 Å². The average Bonchev–Trinajstić information content (AvgIpc) is 2.74. The van der Waals surface area contributed by atoms with Gasteiger partial charge >= 0.3 is 0 Å². The summed E-state index contributed by atoms with van der Waals surface area (Å²) in [5.74, 6) is 0.189. The van der Waals surface area contributed by atoms with E-state index in [-0.39, 0.29) is 11.9 Å². The second kappa shape index (κ2) is 6.71. The molecule has 104 valence electrons. The van der Waals surface area contributed by atoms with Gasteiger partial charge in [0.2, 0.25) is 5.91 Å². The molecule has 0 fully saturated rings. The van der Waals surface area contributed by atoms with E-state index in [1.54, 1.807) is 0 Å². The van der Waals surface area contributed by atoms with E-state index in [0.29, 0.717) is 6.54 Å². The molecule has 0 spiro atoms. The second-order valence-corrected chi connectivity index (χ2v) is 5.33. The van der Waals surface area contributed by atoms with Gasteiger partial charge in [-0.1, -0.05) is 38.0 Å².